The maximum absolute atomic E-state index is 6.26. The molecule has 670 valence electrons. The zero-order valence-electron chi connectivity index (χ0n) is 76.8. The highest BCUT2D eigenvalue weighted by atomic mass is 32.1. The van der Waals surface area contributed by atoms with Crippen LogP contribution in [0.3, 0.4) is 0 Å². The minimum Gasteiger partial charge on any atom is -0.456 e. The van der Waals surface area contributed by atoms with Crippen LogP contribution in [0.1, 0.15) is 0 Å². The number of rotatable bonds is 7. The molecule has 0 spiro atoms. The van der Waals surface area contributed by atoms with Crippen LogP contribution in [0, 0.1) is 0 Å². The van der Waals surface area contributed by atoms with Gasteiger partial charge in [-0.25, -0.2) is 0 Å². The van der Waals surface area contributed by atoms with Crippen molar-refractivity contribution in [2.24, 2.45) is 0 Å². The van der Waals surface area contributed by atoms with Gasteiger partial charge in [-0.3, -0.25) is 0 Å². The van der Waals surface area contributed by atoms with Crippen molar-refractivity contribution < 1.29 is 8.83 Å². The topological polar surface area (TPSA) is 46.0 Å². The zero-order chi connectivity index (χ0) is 93.8. The Morgan fingerprint density at radius 2 is 0.472 bits per heavy atom. The lowest BCUT2D eigenvalue weighted by Gasteiger charge is -2.13. The van der Waals surface area contributed by atoms with Crippen molar-refractivity contribution in [3.05, 3.63) is 449 Å². The SMILES string of the molecule is c1ccc(-n2c3ccccc3c3ccc4c5ccccc5n(-c5ccc6sc7c(-c8cccc9sc%10ccccc%10c89)cccc7c6c5)c4c32)cc1.c1ccc2c(c1)oc1cccc(-c3cccc4c3sc3ccc(-n5c6ccccc6c6c7c(ccc65)sc5ccccc57)cc34)c12.c1ccc2c(c1)oc1cccc(-c3cccc4c3sc3ccc(-n5c6ccccc6c6cc7c(cc65)sc5ccccc57)cc34)c12. The molecule has 0 fully saturated rings. The van der Waals surface area contributed by atoms with Gasteiger partial charge in [-0.05, 0) is 180 Å². The normalized spacial score (nSPS) is 12.3. The number of nitrogens with zero attached hydrogens (tertiary/aromatic N) is 4. The lowest BCUT2D eigenvalue weighted by molar-refractivity contribution is 0.668. The molecule has 0 saturated carbocycles. The summed E-state index contributed by atoms with van der Waals surface area (Å²) in [5.41, 5.74) is 25.8. The van der Waals surface area contributed by atoms with E-state index in [1.807, 2.05) is 80.2 Å². The fourth-order valence-electron chi connectivity index (χ4n) is 24.0. The van der Waals surface area contributed by atoms with Crippen LogP contribution < -0.4 is 0 Å². The Hall–Kier alpha value is -17.0. The molecule has 6 nitrogen and oxygen atoms in total. The van der Waals surface area contributed by atoms with Gasteiger partial charge >= 0.3 is 0 Å². The molecule has 0 aliphatic carbocycles. The molecule has 0 aliphatic heterocycles. The molecule has 12 heteroatoms. The first-order valence-electron chi connectivity index (χ1n) is 48.7. The summed E-state index contributed by atoms with van der Waals surface area (Å²) in [6, 6.07) is 164. The number of hydrogen-bond acceptors (Lipinski definition) is 8. The quantitative estimate of drug-likeness (QED) is 0.160. The molecule has 12 aromatic heterocycles. The highest BCUT2D eigenvalue weighted by Crippen LogP contribution is 2.54. The smallest absolute Gasteiger partial charge is 0.136 e. The van der Waals surface area contributed by atoms with Gasteiger partial charge in [-0.15, -0.1) is 68.0 Å². The van der Waals surface area contributed by atoms with Crippen LogP contribution in [0.25, 0.3) is 308 Å². The third-order valence-electron chi connectivity index (χ3n) is 30.1. The number of aromatic nitrogens is 4. The lowest BCUT2D eigenvalue weighted by Crippen LogP contribution is -1.98. The first-order chi connectivity index (χ1) is 71.4. The van der Waals surface area contributed by atoms with Crippen LogP contribution in [0.2, 0.25) is 0 Å². The van der Waals surface area contributed by atoms with Crippen molar-refractivity contribution in [3.8, 4) is 56.1 Å². The second kappa shape index (κ2) is 31.2. The molecular formula is C132H74N4O2S6. The maximum atomic E-state index is 6.26. The van der Waals surface area contributed by atoms with E-state index in [-0.39, 0.29) is 0 Å². The predicted octanol–water partition coefficient (Wildman–Crippen LogP) is 40.5. The minimum atomic E-state index is 0.928. The molecule has 34 aromatic rings. The molecule has 0 saturated heterocycles. The molecule has 0 aliphatic rings. The first-order valence-corrected chi connectivity index (χ1v) is 53.6. The molecule has 12 heterocycles. The van der Waals surface area contributed by atoms with Gasteiger partial charge in [0.15, 0.2) is 0 Å². The van der Waals surface area contributed by atoms with Crippen molar-refractivity contribution in [2.75, 3.05) is 0 Å². The highest BCUT2D eigenvalue weighted by Gasteiger charge is 2.28. The van der Waals surface area contributed by atoms with Gasteiger partial charge in [0, 0.05) is 225 Å². The fourth-order valence-corrected chi connectivity index (χ4v) is 31.0. The van der Waals surface area contributed by atoms with E-state index in [4.69, 9.17) is 8.83 Å². The van der Waals surface area contributed by atoms with Gasteiger partial charge < -0.3 is 27.1 Å². The van der Waals surface area contributed by atoms with E-state index in [1.54, 1.807) is 0 Å². The van der Waals surface area contributed by atoms with Crippen molar-refractivity contribution >= 4 is 320 Å². The lowest BCUT2D eigenvalue weighted by atomic mass is 9.98. The molecule has 22 aromatic carbocycles. The average molecular weight is 1940 g/mol. The number of para-hydroxylation sites is 7. The Morgan fingerprint density at radius 1 is 0.139 bits per heavy atom. The summed E-state index contributed by atoms with van der Waals surface area (Å²) in [6.07, 6.45) is 0. The van der Waals surface area contributed by atoms with E-state index in [2.05, 4.69) is 455 Å². The fraction of sp³-hybridized carbons (Fsp3) is 0. The molecule has 0 N–H and O–H groups in total. The summed E-state index contributed by atoms with van der Waals surface area (Å²) < 4.78 is 38.3. The van der Waals surface area contributed by atoms with E-state index in [9.17, 15) is 0 Å². The molecule has 0 bridgehead atoms. The number of fused-ring (bicyclic) bond motifs is 38. The third-order valence-corrected chi connectivity index (χ3v) is 37.2. The predicted molar refractivity (Wildman–Crippen MR) is 625 cm³/mol. The average Bonchev–Trinajstić information content (AvgIpc) is 1.50. The van der Waals surface area contributed by atoms with E-state index in [0.717, 1.165) is 33.1 Å². The van der Waals surface area contributed by atoms with Gasteiger partial charge in [0.25, 0.3) is 0 Å². The number of benzene rings is 22. The highest BCUT2D eigenvalue weighted by molar-refractivity contribution is 7.28. The largest absolute Gasteiger partial charge is 0.456 e. The van der Waals surface area contributed by atoms with Gasteiger partial charge in [-0.2, -0.15) is 0 Å². The third kappa shape index (κ3) is 11.8. The molecule has 34 rings (SSSR count). The molecule has 0 amide bonds. The van der Waals surface area contributed by atoms with E-state index in [1.165, 1.54) is 275 Å². The molecule has 0 atom stereocenters. The Bertz CT molecular complexity index is 11500. The summed E-state index contributed by atoms with van der Waals surface area (Å²) in [7, 11) is 0. The molecule has 144 heavy (non-hydrogen) atoms. The Kier molecular flexibility index (Phi) is 17.5. The second-order valence-electron chi connectivity index (χ2n) is 37.7. The minimum absolute atomic E-state index is 0.928. The number of furan rings is 2. The standard InChI is InChI=1S/C48H28N2S2.2C42H23NOS2/c1-2-12-29(13-3-1)49-40-20-7-4-14-31(40)34-25-26-35-32-15-5-8-21-41(32)50(47(35)46(34)49)30-24-27-43-39(28-30)37-19-10-18-36(48(37)52-43)33-17-11-23-44-45(33)38-16-6-9-22-42(38)51-44;1-4-15-34-25(9-1)31-22-33-26-10-3-6-18-38(26)45-40(33)23-35(31)43(34)24-19-20-39-32(21-24)29-14-7-13-28(42(29)46-39)27-12-8-17-37-41(27)30-11-2-5-16-36(30)44-37;1-4-15-32-28(9-1)40-33(20-22-38-41(40)30-11-3-6-18-36(30)45-38)43(32)24-19-21-37-31(23-24)27-14-7-13-26(42(27)46-37)25-12-8-17-35-39(25)29-10-2-5-16-34(29)44-35/h1-28H;2*1-23H. The number of hydrogen-bond donors (Lipinski definition) is 0. The molecular weight excluding hydrogens is 1870 g/mol. The van der Waals surface area contributed by atoms with Gasteiger partial charge in [0.1, 0.15) is 22.3 Å². The second-order valence-corrected chi connectivity index (χ2v) is 44.1. The van der Waals surface area contributed by atoms with Crippen LogP contribution in [0.4, 0.5) is 0 Å². The maximum Gasteiger partial charge on any atom is 0.136 e. The van der Waals surface area contributed by atoms with Crippen LogP contribution >= 0.6 is 68.0 Å². The molecule has 0 radical (unpaired) electrons. The van der Waals surface area contributed by atoms with Crippen LogP contribution in [0.5, 0.6) is 0 Å². The van der Waals surface area contributed by atoms with Crippen LogP contribution in [0.15, 0.2) is 458 Å². The van der Waals surface area contributed by atoms with Crippen molar-refractivity contribution in [1.82, 2.24) is 18.3 Å². The zero-order valence-corrected chi connectivity index (χ0v) is 81.7. The summed E-state index contributed by atoms with van der Waals surface area (Å²) >= 11 is 11.3. The van der Waals surface area contributed by atoms with E-state index in [0.29, 0.717) is 0 Å². The Morgan fingerprint density at radius 3 is 1.00 bits per heavy atom. The Labute approximate surface area is 844 Å². The summed E-state index contributed by atoms with van der Waals surface area (Å²) in [6.45, 7) is 0. The van der Waals surface area contributed by atoms with Crippen molar-refractivity contribution in [3.63, 3.8) is 0 Å². The molecule has 0 unspecified atom stereocenters. The number of thiophene rings is 6. The van der Waals surface area contributed by atoms with Gasteiger partial charge in [0.2, 0.25) is 0 Å². The summed E-state index contributed by atoms with van der Waals surface area (Å²) in [4.78, 5) is 0. The van der Waals surface area contributed by atoms with Crippen molar-refractivity contribution in [2.45, 2.75) is 0 Å². The van der Waals surface area contributed by atoms with Gasteiger partial charge in [-0.1, -0.05) is 285 Å². The van der Waals surface area contributed by atoms with Gasteiger partial charge in [0.05, 0.1) is 44.1 Å². The van der Waals surface area contributed by atoms with E-state index >= 15 is 0 Å². The monoisotopic (exact) mass is 1940 g/mol. The van der Waals surface area contributed by atoms with Crippen molar-refractivity contribution in [1.29, 1.82) is 0 Å². The summed E-state index contributed by atoms with van der Waals surface area (Å²) in [5, 5.41) is 30.8. The Balaban J connectivity index is 0.0000000969. The van der Waals surface area contributed by atoms with E-state index < -0.39 is 0 Å². The van der Waals surface area contributed by atoms with Crippen LogP contribution in [-0.4, -0.2) is 18.3 Å². The van der Waals surface area contributed by atoms with Crippen LogP contribution in [-0.2, 0) is 0 Å². The summed E-state index contributed by atoms with van der Waals surface area (Å²) in [5.74, 6) is 0. The first kappa shape index (κ1) is 80.7.